The first-order chi connectivity index (χ1) is 10.6. The number of halogens is 1. The van der Waals surface area contributed by atoms with Gasteiger partial charge in [-0.3, -0.25) is 0 Å². The van der Waals surface area contributed by atoms with Crippen molar-refractivity contribution in [3.63, 3.8) is 0 Å². The molecule has 1 heterocycles. The maximum absolute atomic E-state index is 11.0. The lowest BCUT2D eigenvalue weighted by Gasteiger charge is -2.16. The van der Waals surface area contributed by atoms with Crippen LogP contribution >= 0.6 is 15.9 Å². The Kier molecular flexibility index (Phi) is 4.20. The molecule has 0 bridgehead atoms. The number of nitrogens with zero attached hydrogens (tertiary/aromatic N) is 1. The Balaban J connectivity index is 2.15. The van der Waals surface area contributed by atoms with Gasteiger partial charge in [0.25, 0.3) is 0 Å². The van der Waals surface area contributed by atoms with Crippen LogP contribution < -0.4 is 4.74 Å². The molecule has 0 spiro atoms. The summed E-state index contributed by atoms with van der Waals surface area (Å²) in [7, 11) is 1.60. The molecule has 3 rings (SSSR count). The van der Waals surface area contributed by atoms with Crippen molar-refractivity contribution in [2.45, 2.75) is 32.1 Å². The summed E-state index contributed by atoms with van der Waals surface area (Å²) < 4.78 is 11.3. The van der Waals surface area contributed by atoms with E-state index in [0.29, 0.717) is 11.4 Å². The number of carboxylic acid groups (broad SMARTS) is 1. The minimum absolute atomic E-state index is 0.178. The highest BCUT2D eigenvalue weighted by Gasteiger charge is 2.22. The number of carboxylic acids is 1. The van der Waals surface area contributed by atoms with E-state index in [0.717, 1.165) is 29.3 Å². The van der Waals surface area contributed by atoms with Crippen molar-refractivity contribution >= 4 is 21.9 Å². The molecule has 1 N–H and O–H groups in total. The minimum atomic E-state index is -1.13. The highest BCUT2D eigenvalue weighted by molar-refractivity contribution is 9.10. The van der Waals surface area contributed by atoms with E-state index in [9.17, 15) is 4.79 Å². The third kappa shape index (κ3) is 2.63. The van der Waals surface area contributed by atoms with E-state index in [1.54, 1.807) is 7.11 Å². The van der Waals surface area contributed by atoms with Crippen LogP contribution in [-0.2, 0) is 12.8 Å². The summed E-state index contributed by atoms with van der Waals surface area (Å²) in [6.45, 7) is 0. The summed E-state index contributed by atoms with van der Waals surface area (Å²) in [5, 5.41) is 12.9. The van der Waals surface area contributed by atoms with Crippen LogP contribution in [0.15, 0.2) is 21.1 Å². The van der Waals surface area contributed by atoms with Gasteiger partial charge in [-0.2, -0.15) is 0 Å². The zero-order valence-electron chi connectivity index (χ0n) is 12.2. The lowest BCUT2D eigenvalue weighted by molar-refractivity contribution is 0.0652. The zero-order chi connectivity index (χ0) is 15.7. The first-order valence-corrected chi connectivity index (χ1v) is 7.99. The Hall–Kier alpha value is -1.82. The lowest BCUT2D eigenvalue weighted by Crippen LogP contribution is -1.99. The van der Waals surface area contributed by atoms with Gasteiger partial charge in [-0.15, -0.1) is 0 Å². The van der Waals surface area contributed by atoms with Crippen LogP contribution in [-0.4, -0.2) is 23.3 Å². The van der Waals surface area contributed by atoms with E-state index in [2.05, 4.69) is 21.1 Å². The van der Waals surface area contributed by atoms with Crippen molar-refractivity contribution in [1.29, 1.82) is 0 Å². The number of carbonyl (C=O) groups is 1. The number of methoxy groups -OCH3 is 1. The highest BCUT2D eigenvalue weighted by Crippen LogP contribution is 2.42. The molecule has 0 saturated carbocycles. The minimum Gasteiger partial charge on any atom is -0.495 e. The summed E-state index contributed by atoms with van der Waals surface area (Å²) in [4.78, 5) is 11.0. The van der Waals surface area contributed by atoms with Crippen LogP contribution in [0.4, 0.5) is 0 Å². The molecule has 6 heteroatoms. The second kappa shape index (κ2) is 6.12. The monoisotopic (exact) mass is 365 g/mol. The lowest BCUT2D eigenvalue weighted by atomic mass is 9.97. The fourth-order valence-electron chi connectivity index (χ4n) is 2.90. The first kappa shape index (κ1) is 15.1. The van der Waals surface area contributed by atoms with E-state index in [1.165, 1.54) is 30.0 Å². The van der Waals surface area contributed by atoms with Crippen LogP contribution in [0.5, 0.6) is 5.75 Å². The van der Waals surface area contributed by atoms with Gasteiger partial charge in [-0.1, -0.05) is 11.6 Å². The molecule has 0 radical (unpaired) electrons. The van der Waals surface area contributed by atoms with Gasteiger partial charge >= 0.3 is 5.97 Å². The molecule has 0 amide bonds. The quantitative estimate of drug-likeness (QED) is 0.829. The van der Waals surface area contributed by atoms with E-state index in [1.807, 2.05) is 6.07 Å². The van der Waals surface area contributed by atoms with Gasteiger partial charge in [0.2, 0.25) is 5.76 Å². The predicted molar refractivity (Wildman–Crippen MR) is 84.4 cm³/mol. The second-order valence-electron chi connectivity index (χ2n) is 5.35. The van der Waals surface area contributed by atoms with Crippen LogP contribution in [0.1, 0.15) is 40.9 Å². The van der Waals surface area contributed by atoms with Gasteiger partial charge in [0.15, 0.2) is 0 Å². The number of aromatic nitrogens is 1. The molecule has 1 aliphatic carbocycles. The molecular formula is C16H16BrNO4. The summed E-state index contributed by atoms with van der Waals surface area (Å²) in [6, 6.07) is 3.48. The Bertz CT molecular complexity index is 723. The number of aromatic carboxylic acids is 1. The maximum Gasteiger partial charge on any atom is 0.374 e. The van der Waals surface area contributed by atoms with Crippen molar-refractivity contribution in [1.82, 2.24) is 5.16 Å². The molecule has 2 aromatic rings. The molecule has 0 saturated heterocycles. The normalized spacial score (nSPS) is 14.3. The number of aryl methyl sites for hydroxylation is 1. The van der Waals surface area contributed by atoms with Crippen molar-refractivity contribution < 1.29 is 19.2 Å². The molecule has 22 heavy (non-hydrogen) atoms. The van der Waals surface area contributed by atoms with Gasteiger partial charge in [0.1, 0.15) is 11.4 Å². The Morgan fingerprint density at radius 3 is 2.77 bits per heavy atom. The predicted octanol–water partition coefficient (Wildman–Crippen LogP) is 4.08. The number of rotatable bonds is 3. The SMILES string of the molecule is COc1c(-c2cc(C(=O)O)on2)cc2c(c1Br)CCCCC2. The fraction of sp³-hybridized carbons (Fsp3) is 0.375. The zero-order valence-corrected chi connectivity index (χ0v) is 13.8. The largest absolute Gasteiger partial charge is 0.495 e. The van der Waals surface area contributed by atoms with E-state index < -0.39 is 5.97 Å². The van der Waals surface area contributed by atoms with Crippen molar-refractivity contribution in [3.8, 4) is 17.0 Å². The van der Waals surface area contributed by atoms with Crippen molar-refractivity contribution in [2.75, 3.05) is 7.11 Å². The summed E-state index contributed by atoms with van der Waals surface area (Å²) in [5.74, 6) is -0.638. The topological polar surface area (TPSA) is 72.6 Å². The number of benzene rings is 1. The van der Waals surface area contributed by atoms with Crippen LogP contribution in [0.2, 0.25) is 0 Å². The molecule has 116 valence electrons. The van der Waals surface area contributed by atoms with E-state index in [4.69, 9.17) is 14.4 Å². The fourth-order valence-corrected chi connectivity index (χ4v) is 3.73. The van der Waals surface area contributed by atoms with Gasteiger partial charge < -0.3 is 14.4 Å². The summed E-state index contributed by atoms with van der Waals surface area (Å²) in [6.07, 6.45) is 5.57. The molecule has 0 atom stereocenters. The molecule has 1 aromatic heterocycles. The molecule has 5 nitrogen and oxygen atoms in total. The molecule has 1 aromatic carbocycles. The van der Waals surface area contributed by atoms with Crippen LogP contribution in [0, 0.1) is 0 Å². The molecule has 1 aliphatic rings. The first-order valence-electron chi connectivity index (χ1n) is 7.20. The van der Waals surface area contributed by atoms with Crippen LogP contribution in [0.25, 0.3) is 11.3 Å². The average Bonchev–Trinajstić information content (AvgIpc) is 2.87. The third-order valence-corrected chi connectivity index (χ3v) is 4.83. The van der Waals surface area contributed by atoms with Gasteiger partial charge in [0, 0.05) is 11.6 Å². The highest BCUT2D eigenvalue weighted by atomic mass is 79.9. The van der Waals surface area contributed by atoms with Gasteiger partial charge in [0.05, 0.1) is 11.6 Å². The summed E-state index contributed by atoms with van der Waals surface area (Å²) >= 11 is 3.65. The molecular weight excluding hydrogens is 350 g/mol. The van der Waals surface area contributed by atoms with Crippen molar-refractivity contribution in [3.05, 3.63) is 33.5 Å². The second-order valence-corrected chi connectivity index (χ2v) is 6.14. The van der Waals surface area contributed by atoms with Crippen molar-refractivity contribution in [2.24, 2.45) is 0 Å². The standard InChI is InChI=1S/C16H16BrNO4/c1-21-15-11(12-8-13(16(19)20)22-18-12)7-9-5-3-2-4-6-10(9)14(15)17/h7-8H,2-6H2,1H3,(H,19,20). The van der Waals surface area contributed by atoms with Crippen LogP contribution in [0.3, 0.4) is 0 Å². The number of fused-ring (bicyclic) bond motifs is 1. The number of hydrogen-bond acceptors (Lipinski definition) is 4. The average molecular weight is 366 g/mol. The molecule has 0 unspecified atom stereocenters. The smallest absolute Gasteiger partial charge is 0.374 e. The maximum atomic E-state index is 11.0. The van der Waals surface area contributed by atoms with E-state index >= 15 is 0 Å². The Labute approximate surface area is 136 Å². The molecule has 0 fully saturated rings. The van der Waals surface area contributed by atoms with Gasteiger partial charge in [-0.25, -0.2) is 4.79 Å². The van der Waals surface area contributed by atoms with E-state index in [-0.39, 0.29) is 5.76 Å². The number of ether oxygens (including phenoxy) is 1. The van der Waals surface area contributed by atoms with Gasteiger partial charge in [-0.05, 0) is 58.8 Å². The summed E-state index contributed by atoms with van der Waals surface area (Å²) in [5.41, 5.74) is 3.77. The Morgan fingerprint density at radius 2 is 2.09 bits per heavy atom. The third-order valence-electron chi connectivity index (χ3n) is 3.99. The number of hydrogen-bond donors (Lipinski definition) is 1. The molecule has 0 aliphatic heterocycles. The Morgan fingerprint density at radius 1 is 1.32 bits per heavy atom.